The zero-order valence-electron chi connectivity index (χ0n) is 12.6. The molecule has 1 heterocycles. The summed E-state index contributed by atoms with van der Waals surface area (Å²) < 4.78 is 0. The molecule has 0 bridgehead atoms. The molecule has 1 unspecified atom stereocenters. The van der Waals surface area contributed by atoms with E-state index in [4.69, 9.17) is 11.6 Å². The van der Waals surface area contributed by atoms with E-state index in [1.54, 1.807) is 0 Å². The van der Waals surface area contributed by atoms with Crippen LogP contribution in [-0.4, -0.2) is 31.1 Å². The van der Waals surface area contributed by atoms with Crippen molar-refractivity contribution in [2.24, 2.45) is 0 Å². The minimum absolute atomic E-state index is 0.249. The highest BCUT2D eigenvalue weighted by Crippen LogP contribution is 2.19. The van der Waals surface area contributed by atoms with E-state index in [9.17, 15) is 0 Å². The molecule has 1 saturated heterocycles. The molecule has 1 aliphatic rings. The van der Waals surface area contributed by atoms with Crippen molar-refractivity contribution in [3.05, 3.63) is 70.7 Å². The molecule has 0 aliphatic carbocycles. The van der Waals surface area contributed by atoms with E-state index in [-0.39, 0.29) is 6.17 Å². The topological polar surface area (TPSA) is 27.3 Å². The highest BCUT2D eigenvalue weighted by molar-refractivity contribution is 6.30. The summed E-state index contributed by atoms with van der Waals surface area (Å²) in [5.41, 5.74) is 2.57. The maximum atomic E-state index is 5.96. The fourth-order valence-electron chi connectivity index (χ4n) is 2.85. The third kappa shape index (κ3) is 4.08. The van der Waals surface area contributed by atoms with Gasteiger partial charge in [0.25, 0.3) is 0 Å². The molecular formula is C18H22ClN3. The highest BCUT2D eigenvalue weighted by Gasteiger charge is 2.21. The van der Waals surface area contributed by atoms with Gasteiger partial charge >= 0.3 is 0 Å². The van der Waals surface area contributed by atoms with Gasteiger partial charge in [0.15, 0.2) is 0 Å². The lowest BCUT2D eigenvalue weighted by Crippen LogP contribution is -2.48. The average Bonchev–Trinajstić information content (AvgIpc) is 2.59. The van der Waals surface area contributed by atoms with Crippen LogP contribution in [0, 0.1) is 0 Å². The van der Waals surface area contributed by atoms with Crippen molar-refractivity contribution < 1.29 is 0 Å². The van der Waals surface area contributed by atoms with E-state index in [0.717, 1.165) is 37.7 Å². The quantitative estimate of drug-likeness (QED) is 0.888. The zero-order chi connectivity index (χ0) is 15.2. The second-order valence-corrected chi connectivity index (χ2v) is 6.04. The monoisotopic (exact) mass is 315 g/mol. The Balaban J connectivity index is 1.72. The van der Waals surface area contributed by atoms with Crippen molar-refractivity contribution in [2.75, 3.05) is 26.2 Å². The first-order valence-corrected chi connectivity index (χ1v) is 8.18. The first-order chi connectivity index (χ1) is 10.8. The number of benzene rings is 2. The second-order valence-electron chi connectivity index (χ2n) is 5.61. The Morgan fingerprint density at radius 3 is 2.36 bits per heavy atom. The maximum absolute atomic E-state index is 5.96. The predicted octanol–water partition coefficient (Wildman–Crippen LogP) is 3.03. The Bertz CT molecular complexity index is 565. The number of hydrogen-bond donors (Lipinski definition) is 2. The molecule has 0 aromatic heterocycles. The lowest BCUT2D eigenvalue weighted by Gasteiger charge is -2.35. The van der Waals surface area contributed by atoms with Gasteiger partial charge in [0.2, 0.25) is 0 Å². The molecule has 116 valence electrons. The Kier molecular flexibility index (Phi) is 5.46. The first kappa shape index (κ1) is 15.5. The van der Waals surface area contributed by atoms with Gasteiger partial charge in [-0.05, 0) is 23.3 Å². The van der Waals surface area contributed by atoms with Crippen molar-refractivity contribution in [1.29, 1.82) is 0 Å². The maximum Gasteiger partial charge on any atom is 0.0864 e. The van der Waals surface area contributed by atoms with E-state index in [1.807, 2.05) is 12.1 Å². The summed E-state index contributed by atoms with van der Waals surface area (Å²) in [5.74, 6) is 0. The number of hydrogen-bond acceptors (Lipinski definition) is 3. The molecule has 1 fully saturated rings. The van der Waals surface area contributed by atoms with Gasteiger partial charge in [-0.3, -0.25) is 10.2 Å². The molecule has 2 aromatic carbocycles. The second kappa shape index (κ2) is 7.75. The van der Waals surface area contributed by atoms with E-state index >= 15 is 0 Å². The molecule has 1 aliphatic heterocycles. The molecular weight excluding hydrogens is 294 g/mol. The summed E-state index contributed by atoms with van der Waals surface area (Å²) in [6.07, 6.45) is 0.249. The summed E-state index contributed by atoms with van der Waals surface area (Å²) in [4.78, 5) is 2.50. The number of nitrogens with zero attached hydrogens (tertiary/aromatic N) is 1. The largest absolute Gasteiger partial charge is 0.314 e. The molecule has 3 rings (SSSR count). The zero-order valence-corrected chi connectivity index (χ0v) is 13.4. The summed E-state index contributed by atoms with van der Waals surface area (Å²) in [5, 5.41) is 7.90. The van der Waals surface area contributed by atoms with E-state index < -0.39 is 0 Å². The van der Waals surface area contributed by atoms with Crippen molar-refractivity contribution >= 4 is 11.6 Å². The third-order valence-electron chi connectivity index (χ3n) is 4.04. The lowest BCUT2D eigenvalue weighted by atomic mass is 10.1. The van der Waals surface area contributed by atoms with Gasteiger partial charge < -0.3 is 5.32 Å². The summed E-state index contributed by atoms with van der Waals surface area (Å²) in [6, 6.07) is 18.7. The molecule has 2 N–H and O–H groups in total. The van der Waals surface area contributed by atoms with Gasteiger partial charge in [0.05, 0.1) is 6.17 Å². The average molecular weight is 316 g/mol. The van der Waals surface area contributed by atoms with Gasteiger partial charge in [-0.25, -0.2) is 0 Å². The summed E-state index contributed by atoms with van der Waals surface area (Å²) in [7, 11) is 0. The van der Waals surface area contributed by atoms with Crippen LogP contribution in [0.4, 0.5) is 0 Å². The van der Waals surface area contributed by atoms with Gasteiger partial charge in [0, 0.05) is 37.7 Å². The molecule has 22 heavy (non-hydrogen) atoms. The first-order valence-electron chi connectivity index (χ1n) is 7.80. The Morgan fingerprint density at radius 2 is 1.68 bits per heavy atom. The van der Waals surface area contributed by atoms with E-state index in [2.05, 4.69) is 58.0 Å². The van der Waals surface area contributed by atoms with Crippen LogP contribution in [0.3, 0.4) is 0 Å². The SMILES string of the molecule is Clc1ccc(CNC(c2ccccc2)N2CCNCC2)cc1. The minimum Gasteiger partial charge on any atom is -0.314 e. The fraction of sp³-hybridized carbons (Fsp3) is 0.333. The summed E-state index contributed by atoms with van der Waals surface area (Å²) >= 11 is 5.96. The van der Waals surface area contributed by atoms with Crippen LogP contribution < -0.4 is 10.6 Å². The van der Waals surface area contributed by atoms with Crippen LogP contribution in [0.25, 0.3) is 0 Å². The normalized spacial score (nSPS) is 17.3. The number of piperazine rings is 1. The third-order valence-corrected chi connectivity index (χ3v) is 4.30. The Morgan fingerprint density at radius 1 is 1.00 bits per heavy atom. The minimum atomic E-state index is 0.249. The van der Waals surface area contributed by atoms with E-state index in [1.165, 1.54) is 11.1 Å². The van der Waals surface area contributed by atoms with Crippen LogP contribution >= 0.6 is 11.6 Å². The molecule has 0 spiro atoms. The molecule has 1 atom stereocenters. The number of nitrogens with one attached hydrogen (secondary N) is 2. The van der Waals surface area contributed by atoms with Crippen molar-refractivity contribution in [2.45, 2.75) is 12.7 Å². The van der Waals surface area contributed by atoms with Crippen LogP contribution in [-0.2, 0) is 6.54 Å². The van der Waals surface area contributed by atoms with Gasteiger partial charge in [-0.2, -0.15) is 0 Å². The molecule has 0 amide bonds. The van der Waals surface area contributed by atoms with Crippen LogP contribution in [0.2, 0.25) is 5.02 Å². The van der Waals surface area contributed by atoms with Crippen LogP contribution in [0.1, 0.15) is 17.3 Å². The number of halogens is 1. The smallest absolute Gasteiger partial charge is 0.0864 e. The predicted molar refractivity (Wildman–Crippen MR) is 91.9 cm³/mol. The molecule has 4 heteroatoms. The van der Waals surface area contributed by atoms with Crippen molar-refractivity contribution in [3.63, 3.8) is 0 Å². The van der Waals surface area contributed by atoms with Gasteiger partial charge in [0.1, 0.15) is 0 Å². The van der Waals surface area contributed by atoms with Crippen molar-refractivity contribution in [3.8, 4) is 0 Å². The highest BCUT2D eigenvalue weighted by atomic mass is 35.5. The van der Waals surface area contributed by atoms with E-state index in [0.29, 0.717) is 0 Å². The molecule has 0 radical (unpaired) electrons. The standard InChI is InChI=1S/C18H22ClN3/c19-17-8-6-15(7-9-17)14-21-18(16-4-2-1-3-5-16)22-12-10-20-11-13-22/h1-9,18,20-21H,10-14H2. The van der Waals surface area contributed by atoms with Gasteiger partial charge in [-0.15, -0.1) is 0 Å². The lowest BCUT2D eigenvalue weighted by molar-refractivity contribution is 0.144. The number of rotatable bonds is 5. The molecule has 2 aromatic rings. The van der Waals surface area contributed by atoms with Crippen molar-refractivity contribution in [1.82, 2.24) is 15.5 Å². The van der Waals surface area contributed by atoms with Crippen LogP contribution in [0.5, 0.6) is 0 Å². The Hall–Kier alpha value is -1.39. The van der Waals surface area contributed by atoms with Gasteiger partial charge in [-0.1, -0.05) is 54.1 Å². The van der Waals surface area contributed by atoms with Crippen LogP contribution in [0.15, 0.2) is 54.6 Å². The fourth-order valence-corrected chi connectivity index (χ4v) is 2.98. The Labute approximate surface area is 137 Å². The molecule has 3 nitrogen and oxygen atoms in total. The summed E-state index contributed by atoms with van der Waals surface area (Å²) in [6.45, 7) is 5.05. The molecule has 0 saturated carbocycles.